The maximum Gasteiger partial charge on any atom is 0.336 e. The Morgan fingerprint density at radius 3 is 2.55 bits per heavy atom. The van der Waals surface area contributed by atoms with Gasteiger partial charge in [0.1, 0.15) is 5.82 Å². The molecule has 0 aliphatic heterocycles. The van der Waals surface area contributed by atoms with Gasteiger partial charge in [0, 0.05) is 18.5 Å². The highest BCUT2D eigenvalue weighted by Gasteiger charge is 2.14. The summed E-state index contributed by atoms with van der Waals surface area (Å²) < 4.78 is 0. The van der Waals surface area contributed by atoms with E-state index in [4.69, 9.17) is 0 Å². The van der Waals surface area contributed by atoms with Gasteiger partial charge >= 0.3 is 5.97 Å². The van der Waals surface area contributed by atoms with Crippen molar-refractivity contribution in [3.63, 3.8) is 0 Å². The maximum atomic E-state index is 11.2. The third kappa shape index (κ3) is 2.59. The van der Waals surface area contributed by atoms with Crippen LogP contribution >= 0.6 is 0 Å². The molecule has 0 radical (unpaired) electrons. The van der Waals surface area contributed by atoms with Gasteiger partial charge in [-0.3, -0.25) is 0 Å². The Morgan fingerprint density at radius 1 is 1.25 bits per heavy atom. The molecule has 0 atom stereocenters. The number of carbonyl (C=O) groups is 1. The zero-order valence-electron chi connectivity index (χ0n) is 12.1. The second-order valence-corrected chi connectivity index (χ2v) is 4.93. The average Bonchev–Trinajstić information content (AvgIpc) is 2.47. The van der Waals surface area contributed by atoms with Gasteiger partial charge in [-0.1, -0.05) is 19.9 Å². The Balaban J connectivity index is 2.47. The van der Waals surface area contributed by atoms with E-state index in [9.17, 15) is 9.90 Å². The fraction of sp³-hybridized carbons (Fsp3) is 0.375. The predicted molar refractivity (Wildman–Crippen MR) is 81.5 cm³/mol. The number of fused-ring (bicyclic) bond motifs is 1. The molecule has 20 heavy (non-hydrogen) atoms. The van der Waals surface area contributed by atoms with Crippen LogP contribution in [0.3, 0.4) is 0 Å². The van der Waals surface area contributed by atoms with Gasteiger partial charge in [-0.25, -0.2) is 9.78 Å². The number of nitrogens with zero attached hydrogens (tertiary/aromatic N) is 2. The van der Waals surface area contributed by atoms with E-state index < -0.39 is 5.97 Å². The number of rotatable bonds is 5. The second-order valence-electron chi connectivity index (χ2n) is 4.93. The van der Waals surface area contributed by atoms with Crippen molar-refractivity contribution in [2.24, 2.45) is 0 Å². The van der Waals surface area contributed by atoms with Crippen molar-refractivity contribution < 1.29 is 9.90 Å². The van der Waals surface area contributed by atoms with E-state index in [2.05, 4.69) is 23.7 Å². The van der Waals surface area contributed by atoms with Crippen LogP contribution < -0.4 is 4.90 Å². The number of aromatic carboxylic acids is 1. The first-order valence-electron chi connectivity index (χ1n) is 6.94. The second kappa shape index (κ2) is 5.90. The number of aromatic nitrogens is 1. The summed E-state index contributed by atoms with van der Waals surface area (Å²) in [6.07, 6.45) is 2.11. The fourth-order valence-electron chi connectivity index (χ4n) is 2.55. The average molecular weight is 272 g/mol. The van der Waals surface area contributed by atoms with Crippen molar-refractivity contribution in [3.05, 3.63) is 35.9 Å². The van der Waals surface area contributed by atoms with Gasteiger partial charge in [-0.2, -0.15) is 0 Å². The van der Waals surface area contributed by atoms with Gasteiger partial charge in [0.2, 0.25) is 0 Å². The normalized spacial score (nSPS) is 11.0. The minimum absolute atomic E-state index is 0.298. The molecular formula is C16H20N2O2. The standard InChI is InChI=1S/C16H20N2O2/c1-4-11(5-2)18(3)15-10-9-12-13(16(19)20)7-6-8-14(12)17-15/h6-11H,4-5H2,1-3H3,(H,19,20). The first-order chi connectivity index (χ1) is 9.58. The third-order valence-electron chi connectivity index (χ3n) is 3.80. The molecule has 0 saturated heterocycles. The number of hydrogen-bond acceptors (Lipinski definition) is 3. The fourth-order valence-corrected chi connectivity index (χ4v) is 2.55. The van der Waals surface area contributed by atoms with Crippen molar-refractivity contribution in [1.29, 1.82) is 0 Å². The summed E-state index contributed by atoms with van der Waals surface area (Å²) in [4.78, 5) is 18.0. The molecule has 1 heterocycles. The van der Waals surface area contributed by atoms with Crippen LogP contribution in [0.5, 0.6) is 0 Å². The molecule has 0 spiro atoms. The summed E-state index contributed by atoms with van der Waals surface area (Å²) in [6, 6.07) is 9.39. The molecule has 0 unspecified atom stereocenters. The van der Waals surface area contributed by atoms with Crippen LogP contribution in [0, 0.1) is 0 Å². The quantitative estimate of drug-likeness (QED) is 0.904. The Bertz CT molecular complexity index is 621. The lowest BCUT2D eigenvalue weighted by Crippen LogP contribution is -2.30. The topological polar surface area (TPSA) is 53.4 Å². The van der Waals surface area contributed by atoms with Crippen LogP contribution in [-0.2, 0) is 0 Å². The number of carboxylic acids is 1. The van der Waals surface area contributed by atoms with Gasteiger partial charge in [-0.05, 0) is 37.1 Å². The summed E-state index contributed by atoms with van der Waals surface area (Å²) in [5, 5.41) is 9.87. The van der Waals surface area contributed by atoms with Crippen LogP contribution in [-0.4, -0.2) is 29.1 Å². The first kappa shape index (κ1) is 14.3. The smallest absolute Gasteiger partial charge is 0.336 e. The number of anilines is 1. The van der Waals surface area contributed by atoms with Crippen LogP contribution in [0.15, 0.2) is 30.3 Å². The summed E-state index contributed by atoms with van der Waals surface area (Å²) in [6.45, 7) is 4.32. The minimum atomic E-state index is -0.918. The van der Waals surface area contributed by atoms with Crippen molar-refractivity contribution in [1.82, 2.24) is 4.98 Å². The number of hydrogen-bond donors (Lipinski definition) is 1. The lowest BCUT2D eigenvalue weighted by molar-refractivity contribution is 0.0699. The predicted octanol–water partition coefficient (Wildman–Crippen LogP) is 3.56. The summed E-state index contributed by atoms with van der Waals surface area (Å²) >= 11 is 0. The largest absolute Gasteiger partial charge is 0.478 e. The Kier molecular flexibility index (Phi) is 4.23. The monoisotopic (exact) mass is 272 g/mol. The molecule has 1 N–H and O–H groups in total. The molecule has 2 rings (SSSR count). The zero-order valence-corrected chi connectivity index (χ0v) is 12.1. The summed E-state index contributed by atoms with van der Waals surface area (Å²) in [7, 11) is 2.03. The number of pyridine rings is 1. The molecule has 1 aromatic heterocycles. The van der Waals surface area contributed by atoms with E-state index in [0.717, 1.165) is 24.2 Å². The molecule has 0 aliphatic carbocycles. The minimum Gasteiger partial charge on any atom is -0.478 e. The van der Waals surface area contributed by atoms with Crippen LogP contribution in [0.4, 0.5) is 5.82 Å². The number of carboxylic acid groups (broad SMARTS) is 1. The highest BCUT2D eigenvalue weighted by molar-refractivity contribution is 6.02. The zero-order chi connectivity index (χ0) is 14.7. The lowest BCUT2D eigenvalue weighted by atomic mass is 10.1. The van der Waals surface area contributed by atoms with E-state index in [-0.39, 0.29) is 0 Å². The van der Waals surface area contributed by atoms with E-state index in [1.54, 1.807) is 12.1 Å². The van der Waals surface area contributed by atoms with E-state index in [1.165, 1.54) is 0 Å². The van der Waals surface area contributed by atoms with Gasteiger partial charge < -0.3 is 10.0 Å². The van der Waals surface area contributed by atoms with Gasteiger partial charge in [0.15, 0.2) is 0 Å². The van der Waals surface area contributed by atoms with Crippen LogP contribution in [0.25, 0.3) is 10.9 Å². The van der Waals surface area contributed by atoms with Crippen molar-refractivity contribution >= 4 is 22.7 Å². The van der Waals surface area contributed by atoms with Crippen LogP contribution in [0.1, 0.15) is 37.0 Å². The Morgan fingerprint density at radius 2 is 1.95 bits per heavy atom. The third-order valence-corrected chi connectivity index (χ3v) is 3.80. The molecule has 4 nitrogen and oxygen atoms in total. The van der Waals surface area contributed by atoms with Gasteiger partial charge in [0.05, 0.1) is 11.1 Å². The molecule has 0 aliphatic rings. The molecule has 106 valence electrons. The molecule has 0 bridgehead atoms. The summed E-state index contributed by atoms with van der Waals surface area (Å²) in [5.74, 6) is -0.0350. The molecular weight excluding hydrogens is 252 g/mol. The SMILES string of the molecule is CCC(CC)N(C)c1ccc2c(C(=O)O)cccc2n1. The molecule has 4 heteroatoms. The Labute approximate surface area is 119 Å². The van der Waals surface area contributed by atoms with Gasteiger partial charge in [0.25, 0.3) is 0 Å². The van der Waals surface area contributed by atoms with E-state index >= 15 is 0 Å². The van der Waals surface area contributed by atoms with E-state index in [1.807, 2.05) is 25.2 Å². The van der Waals surface area contributed by atoms with E-state index in [0.29, 0.717) is 17.0 Å². The highest BCUT2D eigenvalue weighted by atomic mass is 16.4. The van der Waals surface area contributed by atoms with Crippen molar-refractivity contribution in [2.75, 3.05) is 11.9 Å². The molecule has 1 aromatic carbocycles. The number of benzene rings is 1. The summed E-state index contributed by atoms with van der Waals surface area (Å²) in [5.41, 5.74) is 1.02. The highest BCUT2D eigenvalue weighted by Crippen LogP contribution is 2.23. The molecule has 0 amide bonds. The Hall–Kier alpha value is -2.10. The van der Waals surface area contributed by atoms with Crippen molar-refractivity contribution in [3.8, 4) is 0 Å². The maximum absolute atomic E-state index is 11.2. The van der Waals surface area contributed by atoms with Crippen molar-refractivity contribution in [2.45, 2.75) is 32.7 Å². The first-order valence-corrected chi connectivity index (χ1v) is 6.94. The van der Waals surface area contributed by atoms with Crippen LogP contribution in [0.2, 0.25) is 0 Å². The van der Waals surface area contributed by atoms with Gasteiger partial charge in [-0.15, -0.1) is 0 Å². The molecule has 0 saturated carbocycles. The lowest BCUT2D eigenvalue weighted by Gasteiger charge is -2.27. The molecule has 2 aromatic rings. The molecule has 0 fully saturated rings.